The van der Waals surface area contributed by atoms with Crippen LogP contribution in [0.15, 0.2) is 36.7 Å². The molecule has 2 unspecified atom stereocenters. The van der Waals surface area contributed by atoms with Crippen LogP contribution in [0, 0.1) is 0 Å². The molecule has 1 fully saturated rings. The maximum atomic E-state index is 11.1. The molecule has 122 valence electrons. The van der Waals surface area contributed by atoms with E-state index in [0.717, 1.165) is 17.7 Å². The van der Waals surface area contributed by atoms with E-state index in [1.807, 2.05) is 24.5 Å². The first kappa shape index (κ1) is 15.7. The van der Waals surface area contributed by atoms with Gasteiger partial charge in [0.2, 0.25) is 5.91 Å². The summed E-state index contributed by atoms with van der Waals surface area (Å²) < 4.78 is 2.13. The van der Waals surface area contributed by atoms with E-state index in [0.29, 0.717) is 19.1 Å². The van der Waals surface area contributed by atoms with Gasteiger partial charge in [0.05, 0.1) is 23.8 Å². The van der Waals surface area contributed by atoms with E-state index in [9.17, 15) is 4.79 Å². The quantitative estimate of drug-likeness (QED) is 0.784. The van der Waals surface area contributed by atoms with E-state index in [1.165, 1.54) is 12.6 Å². The lowest BCUT2D eigenvalue weighted by molar-refractivity contribution is -0.118. The second-order valence-corrected chi connectivity index (χ2v) is 6.00. The molecule has 2 atom stereocenters. The number of rotatable bonds is 5. The number of nitrogens with one attached hydrogen (secondary N) is 3. The van der Waals surface area contributed by atoms with Gasteiger partial charge in [-0.15, -0.1) is 0 Å². The molecule has 0 bridgehead atoms. The van der Waals surface area contributed by atoms with Crippen LogP contribution in [0.4, 0.5) is 0 Å². The standard InChI is InChI=1S/C17H23N5O/c1-12-10-15(21-20-12)17-16(14-6-4-3-5-7-14)19-11-22(17)9-8-18-13(2)23/h3-7,11-12,15,20-21H,8-10H2,1-2H3,(H,18,23). The van der Waals surface area contributed by atoms with Crippen molar-refractivity contribution in [3.8, 4) is 11.3 Å². The van der Waals surface area contributed by atoms with Gasteiger partial charge in [0.15, 0.2) is 0 Å². The molecule has 2 heterocycles. The molecule has 1 amide bonds. The summed E-state index contributed by atoms with van der Waals surface area (Å²) in [5, 5.41) is 2.85. The first-order valence-electron chi connectivity index (χ1n) is 8.01. The second-order valence-electron chi connectivity index (χ2n) is 6.00. The van der Waals surface area contributed by atoms with Crippen LogP contribution in [0.1, 0.15) is 32.0 Å². The van der Waals surface area contributed by atoms with Gasteiger partial charge in [-0.2, -0.15) is 0 Å². The summed E-state index contributed by atoms with van der Waals surface area (Å²) in [7, 11) is 0. The second kappa shape index (κ2) is 6.93. The molecule has 6 heteroatoms. The highest BCUT2D eigenvalue weighted by Crippen LogP contribution is 2.31. The highest BCUT2D eigenvalue weighted by Gasteiger charge is 2.28. The topological polar surface area (TPSA) is 71.0 Å². The molecule has 2 aromatic rings. The molecule has 0 aliphatic carbocycles. The van der Waals surface area contributed by atoms with Gasteiger partial charge < -0.3 is 9.88 Å². The Morgan fingerprint density at radius 1 is 1.35 bits per heavy atom. The third-order valence-corrected chi connectivity index (χ3v) is 4.08. The van der Waals surface area contributed by atoms with Crippen LogP contribution in [0.5, 0.6) is 0 Å². The lowest BCUT2D eigenvalue weighted by atomic mass is 10.0. The van der Waals surface area contributed by atoms with Crippen molar-refractivity contribution in [2.75, 3.05) is 6.54 Å². The Bertz CT molecular complexity index is 667. The predicted octanol–water partition coefficient (Wildman–Crippen LogP) is 1.61. The maximum Gasteiger partial charge on any atom is 0.216 e. The van der Waals surface area contributed by atoms with E-state index in [-0.39, 0.29) is 11.9 Å². The largest absolute Gasteiger partial charge is 0.355 e. The van der Waals surface area contributed by atoms with Gasteiger partial charge in [-0.25, -0.2) is 10.4 Å². The van der Waals surface area contributed by atoms with Crippen LogP contribution in [-0.4, -0.2) is 28.0 Å². The summed E-state index contributed by atoms with van der Waals surface area (Å²) in [4.78, 5) is 15.7. The van der Waals surface area contributed by atoms with Gasteiger partial charge >= 0.3 is 0 Å². The first-order valence-corrected chi connectivity index (χ1v) is 8.01. The van der Waals surface area contributed by atoms with E-state index in [2.05, 4.69) is 44.8 Å². The molecule has 1 aromatic heterocycles. The Kier molecular flexibility index (Phi) is 4.73. The number of imidazole rings is 1. The van der Waals surface area contributed by atoms with Crippen LogP contribution in [-0.2, 0) is 11.3 Å². The Balaban J connectivity index is 1.90. The van der Waals surface area contributed by atoms with E-state index >= 15 is 0 Å². The van der Waals surface area contributed by atoms with Crippen LogP contribution in [0.2, 0.25) is 0 Å². The fraction of sp³-hybridized carbons (Fsp3) is 0.412. The van der Waals surface area contributed by atoms with Crippen molar-refractivity contribution in [2.45, 2.75) is 38.9 Å². The number of amides is 1. The number of carbonyl (C=O) groups is 1. The van der Waals surface area contributed by atoms with Crippen molar-refractivity contribution < 1.29 is 4.79 Å². The molecule has 1 aromatic carbocycles. The van der Waals surface area contributed by atoms with Crippen molar-refractivity contribution in [1.29, 1.82) is 0 Å². The zero-order valence-electron chi connectivity index (χ0n) is 13.5. The highest BCUT2D eigenvalue weighted by molar-refractivity contribution is 5.72. The molecular formula is C17H23N5O. The molecule has 0 spiro atoms. The fourth-order valence-electron chi connectivity index (χ4n) is 3.00. The van der Waals surface area contributed by atoms with Gasteiger partial charge in [-0.1, -0.05) is 30.3 Å². The normalized spacial score (nSPS) is 20.6. The molecular weight excluding hydrogens is 290 g/mol. The predicted molar refractivity (Wildman–Crippen MR) is 89.4 cm³/mol. The molecule has 1 aliphatic rings. The minimum Gasteiger partial charge on any atom is -0.355 e. The average Bonchev–Trinajstić information content (AvgIpc) is 3.14. The number of benzene rings is 1. The average molecular weight is 313 g/mol. The number of carbonyl (C=O) groups excluding carboxylic acids is 1. The highest BCUT2D eigenvalue weighted by atomic mass is 16.1. The Morgan fingerprint density at radius 3 is 2.78 bits per heavy atom. The number of nitrogens with zero attached hydrogens (tertiary/aromatic N) is 2. The van der Waals surface area contributed by atoms with Crippen LogP contribution in [0.3, 0.4) is 0 Å². The third-order valence-electron chi connectivity index (χ3n) is 4.08. The molecule has 3 N–H and O–H groups in total. The number of hydrazine groups is 1. The zero-order chi connectivity index (χ0) is 16.2. The summed E-state index contributed by atoms with van der Waals surface area (Å²) in [5.74, 6) is -0.00997. The smallest absolute Gasteiger partial charge is 0.216 e. The minimum absolute atomic E-state index is 0.00997. The number of hydrogen-bond donors (Lipinski definition) is 3. The number of aromatic nitrogens is 2. The molecule has 1 saturated heterocycles. The lowest BCUT2D eigenvalue weighted by Gasteiger charge is -2.16. The summed E-state index contributed by atoms with van der Waals surface area (Å²) in [6, 6.07) is 10.8. The van der Waals surface area contributed by atoms with Crippen molar-refractivity contribution in [3.05, 3.63) is 42.4 Å². The van der Waals surface area contributed by atoms with E-state index < -0.39 is 0 Å². The van der Waals surface area contributed by atoms with Crippen molar-refractivity contribution in [2.24, 2.45) is 0 Å². The van der Waals surface area contributed by atoms with E-state index in [4.69, 9.17) is 0 Å². The Morgan fingerprint density at radius 2 is 2.13 bits per heavy atom. The SMILES string of the molecule is CC(=O)NCCn1cnc(-c2ccccc2)c1C1CC(C)NN1. The fourth-order valence-corrected chi connectivity index (χ4v) is 3.00. The lowest BCUT2D eigenvalue weighted by Crippen LogP contribution is -2.30. The third kappa shape index (κ3) is 3.60. The van der Waals surface area contributed by atoms with Gasteiger partial charge in [-0.3, -0.25) is 10.2 Å². The van der Waals surface area contributed by atoms with Crippen LogP contribution < -0.4 is 16.2 Å². The molecule has 1 aliphatic heterocycles. The molecule has 0 radical (unpaired) electrons. The van der Waals surface area contributed by atoms with Gasteiger partial charge in [0.25, 0.3) is 0 Å². The number of hydrogen-bond acceptors (Lipinski definition) is 4. The monoisotopic (exact) mass is 313 g/mol. The summed E-state index contributed by atoms with van der Waals surface area (Å²) in [5.41, 5.74) is 9.92. The molecule has 0 saturated carbocycles. The zero-order valence-corrected chi connectivity index (χ0v) is 13.5. The summed E-state index contributed by atoms with van der Waals surface area (Å²) in [6.45, 7) is 5.01. The van der Waals surface area contributed by atoms with Crippen LogP contribution >= 0.6 is 0 Å². The van der Waals surface area contributed by atoms with Crippen molar-refractivity contribution >= 4 is 5.91 Å². The van der Waals surface area contributed by atoms with Gasteiger partial charge in [0, 0.05) is 31.6 Å². The van der Waals surface area contributed by atoms with E-state index in [1.54, 1.807) is 0 Å². The van der Waals surface area contributed by atoms with Crippen LogP contribution in [0.25, 0.3) is 11.3 Å². The Labute approximate surface area is 136 Å². The maximum absolute atomic E-state index is 11.1. The van der Waals surface area contributed by atoms with Crippen molar-refractivity contribution in [1.82, 2.24) is 25.7 Å². The minimum atomic E-state index is -0.00997. The summed E-state index contributed by atoms with van der Waals surface area (Å²) in [6.07, 6.45) is 2.87. The van der Waals surface area contributed by atoms with Gasteiger partial charge in [0.1, 0.15) is 0 Å². The van der Waals surface area contributed by atoms with Crippen molar-refractivity contribution in [3.63, 3.8) is 0 Å². The Hall–Kier alpha value is -2.18. The molecule has 6 nitrogen and oxygen atoms in total. The first-order chi connectivity index (χ1) is 11.1. The summed E-state index contributed by atoms with van der Waals surface area (Å²) >= 11 is 0. The van der Waals surface area contributed by atoms with Gasteiger partial charge in [-0.05, 0) is 13.3 Å². The molecule has 23 heavy (non-hydrogen) atoms. The molecule has 3 rings (SSSR count).